The van der Waals surface area contributed by atoms with Gasteiger partial charge in [-0.15, -0.1) is 0 Å². The van der Waals surface area contributed by atoms with Crippen LogP contribution in [0, 0.1) is 0 Å². The molecule has 0 spiro atoms. The predicted molar refractivity (Wildman–Crippen MR) is 196 cm³/mol. The molecule has 4 atom stereocenters. The van der Waals surface area contributed by atoms with Crippen LogP contribution in [0.3, 0.4) is 0 Å². The zero-order valence-corrected chi connectivity index (χ0v) is 30.6. The molecule has 1 aliphatic rings. The zero-order valence-electron chi connectivity index (χ0n) is 30.6. The number of phenols is 1. The highest BCUT2D eigenvalue weighted by Gasteiger charge is 2.33. The summed E-state index contributed by atoms with van der Waals surface area (Å²) in [7, 11) is 7.09. The van der Waals surface area contributed by atoms with Crippen LogP contribution in [0.25, 0.3) is 11.1 Å². The lowest BCUT2D eigenvalue weighted by atomic mass is 9.94. The summed E-state index contributed by atoms with van der Waals surface area (Å²) in [5.41, 5.74) is 2.96. The fourth-order valence-corrected chi connectivity index (χ4v) is 5.93. The van der Waals surface area contributed by atoms with Gasteiger partial charge in [0.1, 0.15) is 29.5 Å². The van der Waals surface area contributed by atoms with E-state index < -0.39 is 53.5 Å². The Morgan fingerprint density at radius 3 is 2.18 bits per heavy atom. The number of nitrogens with one attached hydrogen (secondary N) is 7. The lowest BCUT2D eigenvalue weighted by Crippen LogP contribution is -2.58. The molecule has 13 heteroatoms. The van der Waals surface area contributed by atoms with Crippen molar-refractivity contribution in [1.82, 2.24) is 31.9 Å². The van der Waals surface area contributed by atoms with Gasteiger partial charge in [0.2, 0.25) is 17.7 Å². The van der Waals surface area contributed by atoms with E-state index in [1.165, 1.54) is 0 Å². The smallest absolute Gasteiger partial charge is 0.329 e. The third-order valence-electron chi connectivity index (χ3n) is 8.66. The molecule has 2 aromatic rings. The minimum absolute atomic E-state index is 0.0590. The average molecular weight is 696 g/mol. The quantitative estimate of drug-likeness (QED) is 0.108. The summed E-state index contributed by atoms with van der Waals surface area (Å²) in [6.45, 7) is 6.69. The van der Waals surface area contributed by atoms with Gasteiger partial charge in [-0.05, 0) is 134 Å². The number of unbranched alkanes of at least 4 members (excludes halogenated alkanes) is 1. The van der Waals surface area contributed by atoms with E-state index in [1.54, 1.807) is 54.0 Å². The number of hydrogen-bond acceptors (Lipinski definition) is 10. The average Bonchev–Trinajstić information content (AvgIpc) is 3.07. The predicted octanol–water partition coefficient (Wildman–Crippen LogP) is 1.97. The first-order valence-corrected chi connectivity index (χ1v) is 17.5. The van der Waals surface area contributed by atoms with Crippen molar-refractivity contribution in [3.63, 3.8) is 0 Å². The van der Waals surface area contributed by atoms with Gasteiger partial charge in [-0.3, -0.25) is 14.4 Å². The van der Waals surface area contributed by atoms with Crippen molar-refractivity contribution in [2.24, 2.45) is 0 Å². The highest BCUT2D eigenvalue weighted by atomic mass is 16.6. The summed E-state index contributed by atoms with van der Waals surface area (Å²) >= 11 is 0. The van der Waals surface area contributed by atoms with Crippen LogP contribution in [-0.4, -0.2) is 99.8 Å². The fourth-order valence-electron chi connectivity index (χ4n) is 5.93. The molecule has 8 N–H and O–H groups in total. The Kier molecular flexibility index (Phi) is 15.5. The number of aromatic hydroxyl groups is 1. The summed E-state index contributed by atoms with van der Waals surface area (Å²) < 4.78 is 5.68. The van der Waals surface area contributed by atoms with Crippen LogP contribution >= 0.6 is 0 Å². The van der Waals surface area contributed by atoms with Crippen LogP contribution in [0.2, 0.25) is 0 Å². The lowest BCUT2D eigenvalue weighted by Gasteiger charge is -2.28. The van der Waals surface area contributed by atoms with E-state index in [2.05, 4.69) is 37.2 Å². The molecule has 0 fully saturated rings. The van der Waals surface area contributed by atoms with Crippen LogP contribution in [0.15, 0.2) is 36.4 Å². The lowest BCUT2D eigenvalue weighted by molar-refractivity contribution is -0.159. The molecule has 3 rings (SSSR count). The normalized spacial score (nSPS) is 18.9. The van der Waals surface area contributed by atoms with Crippen LogP contribution < -0.4 is 37.2 Å². The van der Waals surface area contributed by atoms with E-state index >= 15 is 0 Å². The molecule has 276 valence electrons. The number of likely N-dealkylation sites (N-methyl/N-ethyl adjacent to an activating group) is 1. The first kappa shape index (κ1) is 40.2. The number of phenolic OH excluding ortho intramolecular Hbond substituents is 1. The van der Waals surface area contributed by atoms with Gasteiger partial charge in [0.05, 0.1) is 6.04 Å². The second-order valence-corrected chi connectivity index (χ2v) is 13.8. The third-order valence-corrected chi connectivity index (χ3v) is 8.66. The van der Waals surface area contributed by atoms with Crippen LogP contribution in [0.5, 0.6) is 5.75 Å². The van der Waals surface area contributed by atoms with Crippen LogP contribution in [0.1, 0.15) is 64.0 Å². The third kappa shape index (κ3) is 12.0. The van der Waals surface area contributed by atoms with Gasteiger partial charge < -0.3 is 47.1 Å². The van der Waals surface area contributed by atoms with E-state index in [0.29, 0.717) is 37.8 Å². The van der Waals surface area contributed by atoms with E-state index in [9.17, 15) is 24.3 Å². The summed E-state index contributed by atoms with van der Waals surface area (Å²) in [4.78, 5) is 55.2. The zero-order chi connectivity index (χ0) is 36.8. The van der Waals surface area contributed by atoms with Gasteiger partial charge in [0.25, 0.3) is 0 Å². The second kappa shape index (κ2) is 19.3. The standard InChI is InChI=1S/C37H57N7O6/c1-37(2,3)50-36(49)29(11-8-9-17-38-4)43-35(48)31-21-25-19-23(13-15-27(25)40-6)24-14-16-32(45)26(20-24)22-30(41-7)34(47)42-28(33(46)44-31)12-10-18-39-5/h13-16,19-20,28-31,38-41,45H,8-12,17-18,21-22H2,1-7H3,(H,42,47)(H,43,48)(H,44,46)/t28-,29-,30-,31-/m0/s1. The fraction of sp³-hybridized carbons (Fsp3) is 0.568. The van der Waals surface area contributed by atoms with Crippen molar-refractivity contribution in [2.45, 2.75) is 95.5 Å². The molecule has 0 saturated carbocycles. The molecule has 2 aromatic carbocycles. The largest absolute Gasteiger partial charge is 0.508 e. The Bertz CT molecular complexity index is 1460. The minimum Gasteiger partial charge on any atom is -0.508 e. The number of carbonyl (C=O) groups is 4. The molecule has 0 aromatic heterocycles. The number of benzene rings is 2. The van der Waals surface area contributed by atoms with Gasteiger partial charge in [0.15, 0.2) is 0 Å². The van der Waals surface area contributed by atoms with Crippen LogP contribution in [0.4, 0.5) is 5.69 Å². The number of ether oxygens (including phenoxy) is 1. The van der Waals surface area contributed by atoms with E-state index in [-0.39, 0.29) is 18.6 Å². The molecule has 1 heterocycles. The number of fused-ring (bicyclic) bond motifs is 5. The SMILES string of the molecule is CNCCCC[C@H](NC(=O)[C@@H]1Cc2cc(ccc2NC)-c2ccc(O)c(c2)C[C@H](NC)C(=O)N[C@@H](CCCNC)C(=O)N1)C(=O)OC(C)(C)C. The van der Waals surface area contributed by atoms with Gasteiger partial charge >= 0.3 is 5.97 Å². The summed E-state index contributed by atoms with van der Waals surface area (Å²) in [6, 6.07) is 7.30. The number of carbonyl (C=O) groups excluding carboxylic acids is 4. The Morgan fingerprint density at radius 2 is 1.54 bits per heavy atom. The van der Waals surface area contributed by atoms with Gasteiger partial charge in [-0.2, -0.15) is 0 Å². The summed E-state index contributed by atoms with van der Waals surface area (Å²) in [5.74, 6) is -1.96. The molecule has 4 bridgehead atoms. The molecule has 0 aliphatic carbocycles. The summed E-state index contributed by atoms with van der Waals surface area (Å²) in [5, 5.41) is 31.8. The highest BCUT2D eigenvalue weighted by Crippen LogP contribution is 2.30. The monoisotopic (exact) mass is 695 g/mol. The van der Waals surface area contributed by atoms with Crippen molar-refractivity contribution in [2.75, 3.05) is 46.6 Å². The number of rotatable bonds is 14. The number of esters is 1. The first-order chi connectivity index (χ1) is 23.8. The Balaban J connectivity index is 2.10. The Hall–Kier alpha value is -4.20. The first-order valence-electron chi connectivity index (χ1n) is 17.5. The maximum atomic E-state index is 14.2. The van der Waals surface area contributed by atoms with Gasteiger partial charge in [-0.25, -0.2) is 4.79 Å². The number of anilines is 1. The van der Waals surface area contributed by atoms with Crippen LogP contribution in [-0.2, 0) is 36.8 Å². The Morgan fingerprint density at radius 1 is 0.880 bits per heavy atom. The van der Waals surface area contributed by atoms with Crippen molar-refractivity contribution in [3.05, 3.63) is 47.5 Å². The van der Waals surface area contributed by atoms with Crippen molar-refractivity contribution >= 4 is 29.4 Å². The van der Waals surface area contributed by atoms with E-state index in [1.807, 2.05) is 31.3 Å². The van der Waals surface area contributed by atoms with Crippen molar-refractivity contribution < 1.29 is 29.0 Å². The van der Waals surface area contributed by atoms with E-state index in [4.69, 9.17) is 4.74 Å². The molecule has 0 radical (unpaired) electrons. The second-order valence-electron chi connectivity index (χ2n) is 13.8. The maximum absolute atomic E-state index is 14.2. The topological polar surface area (TPSA) is 182 Å². The van der Waals surface area contributed by atoms with Gasteiger partial charge in [-0.1, -0.05) is 12.1 Å². The molecular formula is C37H57N7O6. The summed E-state index contributed by atoms with van der Waals surface area (Å²) in [6.07, 6.45) is 2.98. The molecule has 3 amide bonds. The Labute approximate surface area is 296 Å². The molecule has 1 aliphatic heterocycles. The number of amides is 3. The van der Waals surface area contributed by atoms with E-state index in [0.717, 1.165) is 35.3 Å². The number of hydrogen-bond donors (Lipinski definition) is 8. The molecule has 0 unspecified atom stereocenters. The molecule has 50 heavy (non-hydrogen) atoms. The maximum Gasteiger partial charge on any atom is 0.329 e. The minimum atomic E-state index is -1.10. The molecular weight excluding hydrogens is 638 g/mol. The molecule has 0 saturated heterocycles. The van der Waals surface area contributed by atoms with Crippen molar-refractivity contribution in [1.29, 1.82) is 0 Å². The highest BCUT2D eigenvalue weighted by molar-refractivity contribution is 5.94. The van der Waals surface area contributed by atoms with Gasteiger partial charge in [0, 0.05) is 25.6 Å². The molecule has 13 nitrogen and oxygen atoms in total. The van der Waals surface area contributed by atoms with Crippen molar-refractivity contribution in [3.8, 4) is 16.9 Å².